The highest BCUT2D eigenvalue weighted by atomic mass is 127. The first-order chi connectivity index (χ1) is 7.49. The van der Waals surface area contributed by atoms with Crippen LogP contribution < -0.4 is 0 Å². The van der Waals surface area contributed by atoms with Crippen molar-refractivity contribution < 1.29 is 18.3 Å². The lowest BCUT2D eigenvalue weighted by Crippen LogP contribution is -2.09. The van der Waals surface area contributed by atoms with Gasteiger partial charge in [0.15, 0.2) is 0 Å². The predicted molar refractivity (Wildman–Crippen MR) is 65.6 cm³/mol. The minimum atomic E-state index is -2.69. The fraction of sp³-hybridized carbons (Fsp3) is 0.333. The fourth-order valence-electron chi connectivity index (χ4n) is 1.02. The number of hydrogen-bond acceptors (Lipinski definition) is 3. The number of halogens is 4. The summed E-state index contributed by atoms with van der Waals surface area (Å²) in [5.41, 5.74) is -0.274. The second-order valence-corrected chi connectivity index (χ2v) is 4.53. The number of hydrogen-bond donors (Lipinski definition) is 0. The Morgan fingerprint density at radius 2 is 2.31 bits per heavy atom. The van der Waals surface area contributed by atoms with Gasteiger partial charge in [-0.05, 0) is 45.4 Å². The Bertz CT molecular complexity index is 415. The van der Waals surface area contributed by atoms with E-state index in [0.717, 1.165) is 0 Å². The lowest BCUT2D eigenvalue weighted by molar-refractivity contribution is 0.0524. The van der Waals surface area contributed by atoms with E-state index < -0.39 is 12.4 Å². The summed E-state index contributed by atoms with van der Waals surface area (Å²) in [6, 6.07) is 0. The van der Waals surface area contributed by atoms with E-state index in [1.807, 2.05) is 0 Å². The van der Waals surface area contributed by atoms with Crippen LogP contribution in [0.15, 0.2) is 10.7 Å². The van der Waals surface area contributed by atoms with Crippen LogP contribution in [0.3, 0.4) is 0 Å². The van der Waals surface area contributed by atoms with Gasteiger partial charge in [0, 0.05) is 10.7 Å². The van der Waals surface area contributed by atoms with Gasteiger partial charge in [0.25, 0.3) is 6.43 Å². The quantitative estimate of drug-likeness (QED) is 0.438. The smallest absolute Gasteiger partial charge is 0.340 e. The fourth-order valence-corrected chi connectivity index (χ4v) is 2.66. The summed E-state index contributed by atoms with van der Waals surface area (Å²) in [4.78, 5) is 15.2. The van der Waals surface area contributed by atoms with E-state index in [-0.39, 0.29) is 25.9 Å². The van der Waals surface area contributed by atoms with Crippen LogP contribution in [0, 0.1) is 3.70 Å². The van der Waals surface area contributed by atoms with Crippen LogP contribution in [0.25, 0.3) is 0 Å². The normalized spacial score (nSPS) is 10.6. The van der Waals surface area contributed by atoms with Crippen molar-refractivity contribution in [2.75, 3.05) is 6.61 Å². The van der Waals surface area contributed by atoms with Gasteiger partial charge in [-0.1, -0.05) is 0 Å². The van der Waals surface area contributed by atoms with Crippen LogP contribution in [-0.2, 0) is 4.74 Å². The molecule has 0 radical (unpaired) electrons. The van der Waals surface area contributed by atoms with Crippen molar-refractivity contribution in [1.29, 1.82) is 0 Å². The Morgan fingerprint density at radius 3 is 2.81 bits per heavy atom. The summed E-state index contributed by atoms with van der Waals surface area (Å²) in [6.45, 7) is 1.82. The van der Waals surface area contributed by atoms with Crippen molar-refractivity contribution in [3.05, 3.63) is 25.5 Å². The molecule has 0 saturated carbocycles. The van der Waals surface area contributed by atoms with Crippen LogP contribution in [0.2, 0.25) is 0 Å². The summed E-state index contributed by atoms with van der Waals surface area (Å²) in [6.07, 6.45) is -1.47. The van der Waals surface area contributed by atoms with Crippen LogP contribution in [0.1, 0.15) is 29.3 Å². The average molecular weight is 406 g/mol. The Kier molecular flexibility index (Phi) is 5.03. The standard InChI is InChI=1S/C9H7BrF2INO2/c1-2-16-9(15)4-3-14-8(13)5(6(4)10)7(11)12/h3,7H,2H2,1H3. The van der Waals surface area contributed by atoms with E-state index in [9.17, 15) is 13.6 Å². The molecule has 1 aromatic heterocycles. The van der Waals surface area contributed by atoms with E-state index >= 15 is 0 Å². The molecule has 0 N–H and O–H groups in total. The average Bonchev–Trinajstić information content (AvgIpc) is 2.17. The third-order valence-corrected chi connectivity index (χ3v) is 3.43. The first kappa shape index (κ1) is 13.8. The van der Waals surface area contributed by atoms with Crippen molar-refractivity contribution in [2.24, 2.45) is 0 Å². The van der Waals surface area contributed by atoms with Crippen molar-refractivity contribution in [2.45, 2.75) is 13.3 Å². The molecule has 0 spiro atoms. The van der Waals surface area contributed by atoms with E-state index in [1.54, 1.807) is 29.5 Å². The molecule has 1 rings (SSSR count). The number of esters is 1. The second-order valence-electron chi connectivity index (χ2n) is 2.71. The molecule has 0 aromatic carbocycles. The molecular formula is C9H7BrF2INO2. The minimum Gasteiger partial charge on any atom is -0.462 e. The van der Waals surface area contributed by atoms with Crippen LogP contribution in [0.5, 0.6) is 0 Å². The largest absolute Gasteiger partial charge is 0.462 e. The zero-order chi connectivity index (χ0) is 12.3. The molecular weight excluding hydrogens is 399 g/mol. The molecule has 0 fully saturated rings. The number of rotatable bonds is 3. The number of pyridine rings is 1. The lowest BCUT2D eigenvalue weighted by Gasteiger charge is -2.09. The molecule has 0 aliphatic heterocycles. The first-order valence-corrected chi connectivity index (χ1v) is 6.15. The van der Waals surface area contributed by atoms with E-state index in [2.05, 4.69) is 20.9 Å². The van der Waals surface area contributed by atoms with Crippen molar-refractivity contribution in [3.63, 3.8) is 0 Å². The highest BCUT2D eigenvalue weighted by Crippen LogP contribution is 2.33. The Labute approximate surface area is 113 Å². The molecule has 0 bridgehead atoms. The number of carbonyl (C=O) groups is 1. The van der Waals surface area contributed by atoms with Crippen molar-refractivity contribution in [3.8, 4) is 0 Å². The number of alkyl halides is 2. The zero-order valence-corrected chi connectivity index (χ0v) is 11.9. The molecule has 0 atom stereocenters. The lowest BCUT2D eigenvalue weighted by atomic mass is 10.2. The third-order valence-electron chi connectivity index (χ3n) is 1.72. The SMILES string of the molecule is CCOC(=O)c1cnc(I)c(C(F)F)c1Br. The molecule has 16 heavy (non-hydrogen) atoms. The summed E-state index contributed by atoms with van der Waals surface area (Å²) in [5, 5.41) is 0. The van der Waals surface area contributed by atoms with Gasteiger partial charge in [0.2, 0.25) is 0 Å². The van der Waals surface area contributed by atoms with E-state index in [0.29, 0.717) is 0 Å². The molecule has 0 saturated heterocycles. The van der Waals surface area contributed by atoms with Crippen LogP contribution in [0.4, 0.5) is 8.78 Å². The summed E-state index contributed by atoms with van der Waals surface area (Å²) in [7, 11) is 0. The van der Waals surface area contributed by atoms with Crippen molar-refractivity contribution >= 4 is 44.5 Å². The van der Waals surface area contributed by atoms with Gasteiger partial charge in [-0.2, -0.15) is 0 Å². The molecule has 1 aromatic rings. The minimum absolute atomic E-state index is 0.0116. The summed E-state index contributed by atoms with van der Waals surface area (Å²) >= 11 is 4.67. The van der Waals surface area contributed by atoms with E-state index in [4.69, 9.17) is 4.74 Å². The highest BCUT2D eigenvalue weighted by molar-refractivity contribution is 14.1. The summed E-state index contributed by atoms with van der Waals surface area (Å²) < 4.78 is 30.3. The molecule has 3 nitrogen and oxygen atoms in total. The number of carbonyl (C=O) groups excluding carboxylic acids is 1. The molecule has 7 heteroatoms. The van der Waals surface area contributed by atoms with E-state index in [1.165, 1.54) is 6.20 Å². The van der Waals surface area contributed by atoms with Gasteiger partial charge in [-0.15, -0.1) is 0 Å². The predicted octanol–water partition coefficient (Wildman–Crippen LogP) is 3.56. The monoisotopic (exact) mass is 405 g/mol. The molecule has 0 aliphatic carbocycles. The number of nitrogens with zero attached hydrogens (tertiary/aromatic N) is 1. The van der Waals surface area contributed by atoms with Gasteiger partial charge >= 0.3 is 5.97 Å². The Balaban J connectivity index is 3.23. The first-order valence-electron chi connectivity index (χ1n) is 4.28. The zero-order valence-electron chi connectivity index (χ0n) is 8.14. The summed E-state index contributed by atoms with van der Waals surface area (Å²) in [5.74, 6) is -0.667. The van der Waals surface area contributed by atoms with Crippen LogP contribution in [-0.4, -0.2) is 17.6 Å². The van der Waals surface area contributed by atoms with Gasteiger partial charge in [-0.3, -0.25) is 0 Å². The molecule has 88 valence electrons. The molecule has 0 aliphatic rings. The third kappa shape index (κ3) is 2.88. The van der Waals surface area contributed by atoms with Gasteiger partial charge in [0.05, 0.1) is 17.7 Å². The second kappa shape index (κ2) is 5.85. The molecule has 0 unspecified atom stereocenters. The van der Waals surface area contributed by atoms with Gasteiger partial charge in [0.1, 0.15) is 3.70 Å². The van der Waals surface area contributed by atoms with Crippen LogP contribution >= 0.6 is 38.5 Å². The Hall–Kier alpha value is -0.310. The van der Waals surface area contributed by atoms with Crippen molar-refractivity contribution in [1.82, 2.24) is 4.98 Å². The number of ether oxygens (including phenoxy) is 1. The van der Waals surface area contributed by atoms with Gasteiger partial charge in [-0.25, -0.2) is 18.6 Å². The number of aromatic nitrogens is 1. The Morgan fingerprint density at radius 1 is 1.69 bits per heavy atom. The molecule has 0 amide bonds. The topological polar surface area (TPSA) is 39.2 Å². The maximum Gasteiger partial charge on any atom is 0.340 e. The maximum absolute atomic E-state index is 12.7. The molecule has 1 heterocycles. The highest BCUT2D eigenvalue weighted by Gasteiger charge is 2.23. The van der Waals surface area contributed by atoms with Gasteiger partial charge < -0.3 is 4.74 Å². The maximum atomic E-state index is 12.7.